The Balaban J connectivity index is 1.45. The number of hydrogen-bond acceptors (Lipinski definition) is 3. The summed E-state index contributed by atoms with van der Waals surface area (Å²) in [6.07, 6.45) is 15.2. The highest BCUT2D eigenvalue weighted by Crippen LogP contribution is 2.34. The molecule has 0 radical (unpaired) electrons. The summed E-state index contributed by atoms with van der Waals surface area (Å²) >= 11 is 0. The number of carbonyl (C=O) groups is 2. The van der Waals surface area contributed by atoms with Gasteiger partial charge >= 0.3 is 5.97 Å². The fraction of sp³-hybridized carbons (Fsp3) is 0.481. The fourth-order valence-electron chi connectivity index (χ4n) is 4.81. The number of aliphatic hydroxyl groups excluding tert-OH is 1. The van der Waals surface area contributed by atoms with Crippen LogP contribution in [0.3, 0.4) is 0 Å². The monoisotopic (exact) mass is 422 g/mol. The molecule has 0 unspecified atom stereocenters. The molecule has 1 aromatic rings. The number of carboxylic acid groups (broad SMARTS) is 1. The molecular formula is C27H34O4. The van der Waals surface area contributed by atoms with Gasteiger partial charge in [0, 0.05) is 18.3 Å². The first kappa shape index (κ1) is 23.2. The molecule has 166 valence electrons. The van der Waals surface area contributed by atoms with Gasteiger partial charge in [-0.25, -0.2) is 0 Å². The molecule has 3 rings (SSSR count). The quantitative estimate of drug-likeness (QED) is 0.386. The molecular weight excluding hydrogens is 388 g/mol. The molecule has 2 aliphatic carbocycles. The van der Waals surface area contributed by atoms with E-state index in [0.717, 1.165) is 31.3 Å². The molecule has 0 saturated carbocycles. The Morgan fingerprint density at radius 1 is 1.19 bits per heavy atom. The molecule has 1 aromatic carbocycles. The van der Waals surface area contributed by atoms with E-state index >= 15 is 0 Å². The first-order valence-electron chi connectivity index (χ1n) is 11.5. The van der Waals surface area contributed by atoms with Gasteiger partial charge in [0.1, 0.15) is 0 Å². The van der Waals surface area contributed by atoms with Gasteiger partial charge in [-0.15, -0.1) is 0 Å². The van der Waals surface area contributed by atoms with Crippen molar-refractivity contribution in [1.82, 2.24) is 0 Å². The van der Waals surface area contributed by atoms with Gasteiger partial charge in [-0.1, -0.05) is 54.1 Å². The maximum Gasteiger partial charge on any atom is 0.303 e. The van der Waals surface area contributed by atoms with Gasteiger partial charge in [-0.2, -0.15) is 0 Å². The van der Waals surface area contributed by atoms with Gasteiger partial charge in [0.05, 0.1) is 6.10 Å². The van der Waals surface area contributed by atoms with Crippen molar-refractivity contribution in [1.29, 1.82) is 0 Å². The maximum absolute atomic E-state index is 12.4. The summed E-state index contributed by atoms with van der Waals surface area (Å²) in [5, 5.41) is 19.2. The highest BCUT2D eigenvalue weighted by Gasteiger charge is 2.31. The van der Waals surface area contributed by atoms with Gasteiger partial charge in [-0.05, 0) is 75.0 Å². The highest BCUT2D eigenvalue weighted by atomic mass is 16.4. The van der Waals surface area contributed by atoms with Crippen LogP contribution in [0.15, 0.2) is 60.2 Å². The van der Waals surface area contributed by atoms with Crippen LogP contribution in [0.4, 0.5) is 0 Å². The van der Waals surface area contributed by atoms with Gasteiger partial charge in [-0.3, -0.25) is 9.59 Å². The van der Waals surface area contributed by atoms with E-state index in [2.05, 4.69) is 24.3 Å². The Bertz CT molecular complexity index is 839. The number of aliphatic hydroxyl groups is 1. The molecule has 0 saturated heterocycles. The number of ketones is 1. The molecule has 0 bridgehead atoms. The normalized spacial score (nSPS) is 22.4. The number of carbonyl (C=O) groups excluding carboxylic acids is 1. The molecule has 0 aromatic heterocycles. The van der Waals surface area contributed by atoms with Crippen molar-refractivity contribution in [3.05, 3.63) is 71.3 Å². The Kier molecular flexibility index (Phi) is 8.42. The Hall–Kier alpha value is -2.46. The lowest BCUT2D eigenvalue weighted by Crippen LogP contribution is -2.15. The van der Waals surface area contributed by atoms with E-state index in [-0.39, 0.29) is 24.0 Å². The van der Waals surface area contributed by atoms with E-state index in [1.807, 2.05) is 31.2 Å². The summed E-state index contributed by atoms with van der Waals surface area (Å²) in [6, 6.07) is 8.61. The van der Waals surface area contributed by atoms with E-state index in [1.54, 1.807) is 6.08 Å². The topological polar surface area (TPSA) is 74.6 Å². The predicted octanol–water partition coefficient (Wildman–Crippen LogP) is 5.06. The number of unbranched alkanes of at least 4 members (excludes halogenated alkanes) is 1. The number of aliphatic carboxylic acids is 1. The summed E-state index contributed by atoms with van der Waals surface area (Å²) in [6.45, 7) is 1.98. The van der Waals surface area contributed by atoms with Crippen LogP contribution >= 0.6 is 0 Å². The van der Waals surface area contributed by atoms with Crippen LogP contribution in [0.1, 0.15) is 56.6 Å². The van der Waals surface area contributed by atoms with Crippen LogP contribution in [0.2, 0.25) is 0 Å². The summed E-state index contributed by atoms with van der Waals surface area (Å²) in [7, 11) is 0. The molecule has 0 fully saturated rings. The lowest BCUT2D eigenvalue weighted by Gasteiger charge is -2.17. The number of hydrogen-bond donors (Lipinski definition) is 2. The van der Waals surface area contributed by atoms with Crippen LogP contribution in [-0.2, 0) is 22.4 Å². The highest BCUT2D eigenvalue weighted by molar-refractivity contribution is 5.96. The first-order chi connectivity index (χ1) is 14.9. The average molecular weight is 423 g/mol. The third-order valence-corrected chi connectivity index (χ3v) is 6.56. The Morgan fingerprint density at radius 2 is 1.90 bits per heavy atom. The molecule has 0 spiro atoms. The standard InChI is InChI=1S/C27H34O4/c1-19-16-26(29)25(10-4-2-3-5-11-27(30)31)24(19)15-14-23(28)13-12-20-17-21-8-6-7-9-22(21)18-20/h2,4,6-9,14-16,20,23-25,28H,3,5,10-13,17-18H2,1H3,(H,30,31)/t23-,24-,25+/m0/s1. The zero-order chi connectivity index (χ0) is 22.2. The molecule has 3 atom stereocenters. The molecule has 2 N–H and O–H groups in total. The Morgan fingerprint density at radius 3 is 2.58 bits per heavy atom. The number of carboxylic acids is 1. The minimum atomic E-state index is -0.777. The molecule has 0 amide bonds. The second-order valence-electron chi connectivity index (χ2n) is 8.99. The second kappa shape index (κ2) is 11.2. The zero-order valence-corrected chi connectivity index (χ0v) is 18.4. The summed E-state index contributed by atoms with van der Waals surface area (Å²) in [5.41, 5.74) is 3.94. The van der Waals surface area contributed by atoms with Gasteiger partial charge in [0.25, 0.3) is 0 Å². The van der Waals surface area contributed by atoms with E-state index in [1.165, 1.54) is 11.1 Å². The van der Waals surface area contributed by atoms with Crippen molar-refractivity contribution in [3.63, 3.8) is 0 Å². The summed E-state index contributed by atoms with van der Waals surface area (Å²) < 4.78 is 0. The molecule has 4 heteroatoms. The van der Waals surface area contributed by atoms with Gasteiger partial charge < -0.3 is 10.2 Å². The van der Waals surface area contributed by atoms with Crippen molar-refractivity contribution in [3.8, 4) is 0 Å². The van der Waals surface area contributed by atoms with Crippen molar-refractivity contribution >= 4 is 11.8 Å². The minimum absolute atomic E-state index is 0.0292. The smallest absolute Gasteiger partial charge is 0.303 e. The zero-order valence-electron chi connectivity index (χ0n) is 18.4. The van der Waals surface area contributed by atoms with E-state index in [0.29, 0.717) is 25.2 Å². The Labute approximate surface area is 185 Å². The van der Waals surface area contributed by atoms with Crippen LogP contribution in [0.5, 0.6) is 0 Å². The predicted molar refractivity (Wildman–Crippen MR) is 123 cm³/mol. The summed E-state index contributed by atoms with van der Waals surface area (Å²) in [5.74, 6) is -0.125. The molecule has 0 aliphatic heterocycles. The van der Waals surface area contributed by atoms with Crippen molar-refractivity contribution in [2.75, 3.05) is 0 Å². The van der Waals surface area contributed by atoms with Gasteiger partial charge in [0.2, 0.25) is 0 Å². The molecule has 4 nitrogen and oxygen atoms in total. The SMILES string of the molecule is CC1=CC(=O)[C@H](CC=CCCCC(=O)O)[C@H]1C=C[C@@H](O)CCC1Cc2ccccc2C1. The van der Waals surface area contributed by atoms with E-state index < -0.39 is 12.1 Å². The number of fused-ring (bicyclic) bond motifs is 1. The second-order valence-corrected chi connectivity index (χ2v) is 8.99. The average Bonchev–Trinajstić information content (AvgIpc) is 3.27. The third kappa shape index (κ3) is 6.76. The lowest BCUT2D eigenvalue weighted by molar-refractivity contribution is -0.137. The van der Waals surface area contributed by atoms with Crippen LogP contribution in [0, 0.1) is 17.8 Å². The molecule has 31 heavy (non-hydrogen) atoms. The molecule has 2 aliphatic rings. The third-order valence-electron chi connectivity index (χ3n) is 6.56. The van der Waals surface area contributed by atoms with E-state index in [9.17, 15) is 14.7 Å². The van der Waals surface area contributed by atoms with Gasteiger partial charge in [0.15, 0.2) is 5.78 Å². The minimum Gasteiger partial charge on any atom is -0.481 e. The van der Waals surface area contributed by atoms with Crippen LogP contribution in [-0.4, -0.2) is 28.1 Å². The van der Waals surface area contributed by atoms with Crippen molar-refractivity contribution < 1.29 is 19.8 Å². The number of allylic oxidation sites excluding steroid dienone is 5. The lowest BCUT2D eigenvalue weighted by atomic mass is 9.87. The largest absolute Gasteiger partial charge is 0.481 e. The first-order valence-corrected chi connectivity index (χ1v) is 11.5. The summed E-state index contributed by atoms with van der Waals surface area (Å²) in [4.78, 5) is 22.9. The van der Waals surface area contributed by atoms with Crippen LogP contribution < -0.4 is 0 Å². The number of rotatable bonds is 11. The maximum atomic E-state index is 12.4. The fourth-order valence-corrected chi connectivity index (χ4v) is 4.81. The van der Waals surface area contributed by atoms with Crippen LogP contribution in [0.25, 0.3) is 0 Å². The van der Waals surface area contributed by atoms with Crippen molar-refractivity contribution in [2.45, 2.75) is 64.4 Å². The number of benzene rings is 1. The molecule has 0 heterocycles. The van der Waals surface area contributed by atoms with Crippen molar-refractivity contribution in [2.24, 2.45) is 17.8 Å². The van der Waals surface area contributed by atoms with E-state index in [4.69, 9.17) is 5.11 Å².